The van der Waals surface area contributed by atoms with Gasteiger partial charge in [0.05, 0.1) is 6.10 Å². The normalized spacial score (nSPS) is 17.3. The molecule has 0 aliphatic carbocycles. The van der Waals surface area contributed by atoms with Gasteiger partial charge in [0.2, 0.25) is 0 Å². The number of aliphatic hydroxyl groups excluding tert-OH is 1. The molecular formula is C23H51N5O. The van der Waals surface area contributed by atoms with E-state index in [1.54, 1.807) is 0 Å². The van der Waals surface area contributed by atoms with Gasteiger partial charge in [-0.25, -0.2) is 0 Å². The Balaban J connectivity index is 1.96. The van der Waals surface area contributed by atoms with Gasteiger partial charge < -0.3 is 21.1 Å². The lowest BCUT2D eigenvalue weighted by atomic mass is 10.1. The van der Waals surface area contributed by atoms with Crippen molar-refractivity contribution in [3.8, 4) is 0 Å². The van der Waals surface area contributed by atoms with Crippen LogP contribution < -0.4 is 11.1 Å². The van der Waals surface area contributed by atoms with Gasteiger partial charge >= 0.3 is 0 Å². The van der Waals surface area contributed by atoms with Crippen molar-refractivity contribution >= 4 is 0 Å². The molecule has 0 radical (unpaired) electrons. The Hall–Kier alpha value is -0.240. The highest BCUT2D eigenvalue weighted by atomic mass is 16.3. The second-order valence-electron chi connectivity index (χ2n) is 8.90. The van der Waals surface area contributed by atoms with Crippen molar-refractivity contribution in [2.24, 2.45) is 5.73 Å². The highest BCUT2D eigenvalue weighted by molar-refractivity contribution is 4.74. The van der Waals surface area contributed by atoms with Gasteiger partial charge in [0.15, 0.2) is 0 Å². The lowest BCUT2D eigenvalue weighted by Gasteiger charge is -2.35. The van der Waals surface area contributed by atoms with E-state index in [9.17, 15) is 5.11 Å². The van der Waals surface area contributed by atoms with Crippen molar-refractivity contribution in [3.63, 3.8) is 0 Å². The molecule has 1 unspecified atom stereocenters. The molecule has 0 saturated carbocycles. The van der Waals surface area contributed by atoms with E-state index in [0.29, 0.717) is 0 Å². The van der Waals surface area contributed by atoms with Crippen LogP contribution in [0, 0.1) is 0 Å². The largest absolute Gasteiger partial charge is 0.392 e. The van der Waals surface area contributed by atoms with Gasteiger partial charge in [-0.15, -0.1) is 0 Å². The van der Waals surface area contributed by atoms with Crippen molar-refractivity contribution in [2.75, 3.05) is 79.0 Å². The van der Waals surface area contributed by atoms with Crippen molar-refractivity contribution in [1.82, 2.24) is 20.0 Å². The Labute approximate surface area is 181 Å². The zero-order chi connectivity index (χ0) is 21.2. The zero-order valence-electron chi connectivity index (χ0n) is 19.6. The Morgan fingerprint density at radius 3 is 2.10 bits per heavy atom. The highest BCUT2D eigenvalue weighted by Gasteiger charge is 2.17. The minimum atomic E-state index is -0.169. The summed E-state index contributed by atoms with van der Waals surface area (Å²) in [4.78, 5) is 7.40. The Kier molecular flexibility index (Phi) is 17.1. The van der Waals surface area contributed by atoms with Gasteiger partial charge in [0.25, 0.3) is 0 Å². The molecule has 4 N–H and O–H groups in total. The first kappa shape index (κ1) is 26.8. The smallest absolute Gasteiger partial charge is 0.0667 e. The molecule has 0 spiro atoms. The number of nitrogens with two attached hydrogens (primary N) is 1. The molecule has 1 rings (SSSR count). The molecule has 1 atom stereocenters. The second-order valence-corrected chi connectivity index (χ2v) is 8.90. The SMILES string of the molecule is CCCCCCCCCCC(O)CN(C)CCN1CCN(CCNCCN)CC1. The predicted octanol–water partition coefficient (Wildman–Crippen LogP) is 1.98. The quantitative estimate of drug-likeness (QED) is 0.281. The molecule has 0 amide bonds. The summed E-state index contributed by atoms with van der Waals surface area (Å²) in [6, 6.07) is 0. The van der Waals surface area contributed by atoms with Crippen LogP contribution in [0.1, 0.15) is 64.7 Å². The molecule has 1 aliphatic rings. The molecule has 174 valence electrons. The lowest BCUT2D eigenvalue weighted by Crippen LogP contribution is -2.49. The zero-order valence-corrected chi connectivity index (χ0v) is 19.6. The van der Waals surface area contributed by atoms with Gasteiger partial charge in [0, 0.05) is 72.0 Å². The maximum Gasteiger partial charge on any atom is 0.0667 e. The first-order valence-electron chi connectivity index (χ1n) is 12.4. The molecule has 6 nitrogen and oxygen atoms in total. The van der Waals surface area contributed by atoms with Crippen molar-refractivity contribution in [2.45, 2.75) is 70.8 Å². The molecule has 0 aromatic rings. The van der Waals surface area contributed by atoms with E-state index in [-0.39, 0.29) is 6.10 Å². The lowest BCUT2D eigenvalue weighted by molar-refractivity contribution is 0.0945. The first-order chi connectivity index (χ1) is 14.2. The molecule has 0 bridgehead atoms. The molecule has 1 fully saturated rings. The van der Waals surface area contributed by atoms with Crippen LogP contribution in [0.4, 0.5) is 0 Å². The van der Waals surface area contributed by atoms with Gasteiger partial charge in [-0.1, -0.05) is 58.3 Å². The summed E-state index contributed by atoms with van der Waals surface area (Å²) in [5.74, 6) is 0. The number of hydrogen-bond donors (Lipinski definition) is 3. The summed E-state index contributed by atoms with van der Waals surface area (Å²) < 4.78 is 0. The maximum absolute atomic E-state index is 10.3. The number of hydrogen-bond acceptors (Lipinski definition) is 6. The second kappa shape index (κ2) is 18.5. The van der Waals surface area contributed by atoms with E-state index < -0.39 is 0 Å². The molecule has 0 aromatic carbocycles. The topological polar surface area (TPSA) is 68.0 Å². The van der Waals surface area contributed by atoms with Gasteiger partial charge in [-0.05, 0) is 13.5 Å². The predicted molar refractivity (Wildman–Crippen MR) is 126 cm³/mol. The summed E-state index contributed by atoms with van der Waals surface area (Å²) >= 11 is 0. The van der Waals surface area contributed by atoms with Gasteiger partial charge in [-0.2, -0.15) is 0 Å². The minimum Gasteiger partial charge on any atom is -0.392 e. The minimum absolute atomic E-state index is 0.169. The van der Waals surface area contributed by atoms with E-state index >= 15 is 0 Å². The number of rotatable bonds is 19. The number of likely N-dealkylation sites (N-methyl/N-ethyl adjacent to an activating group) is 1. The summed E-state index contributed by atoms with van der Waals surface area (Å²) in [6.07, 6.45) is 11.4. The molecule has 29 heavy (non-hydrogen) atoms. The molecule has 1 saturated heterocycles. The van der Waals surface area contributed by atoms with Crippen molar-refractivity contribution in [1.29, 1.82) is 0 Å². The Morgan fingerprint density at radius 2 is 1.48 bits per heavy atom. The average molecular weight is 414 g/mol. The third-order valence-corrected chi connectivity index (χ3v) is 6.10. The van der Waals surface area contributed by atoms with Crippen LogP contribution in [0.25, 0.3) is 0 Å². The molecule has 1 heterocycles. The van der Waals surface area contributed by atoms with Crippen LogP contribution in [-0.4, -0.2) is 105 Å². The number of aliphatic hydroxyl groups is 1. The monoisotopic (exact) mass is 413 g/mol. The fourth-order valence-corrected chi connectivity index (χ4v) is 4.07. The summed E-state index contributed by atoms with van der Waals surface area (Å²) in [7, 11) is 2.15. The fraction of sp³-hybridized carbons (Fsp3) is 1.00. The van der Waals surface area contributed by atoms with Crippen molar-refractivity contribution in [3.05, 3.63) is 0 Å². The summed E-state index contributed by atoms with van der Waals surface area (Å²) in [5, 5.41) is 13.7. The third-order valence-electron chi connectivity index (χ3n) is 6.10. The van der Waals surface area contributed by atoms with Gasteiger partial charge in [0.1, 0.15) is 0 Å². The first-order valence-corrected chi connectivity index (χ1v) is 12.4. The van der Waals surface area contributed by atoms with Crippen LogP contribution in [0.15, 0.2) is 0 Å². The van der Waals surface area contributed by atoms with Crippen molar-refractivity contribution < 1.29 is 5.11 Å². The van der Waals surface area contributed by atoms with E-state index in [1.165, 1.54) is 51.4 Å². The van der Waals surface area contributed by atoms with Crippen LogP contribution >= 0.6 is 0 Å². The maximum atomic E-state index is 10.3. The Bertz CT molecular complexity index is 350. The average Bonchev–Trinajstić information content (AvgIpc) is 2.72. The fourth-order valence-electron chi connectivity index (χ4n) is 4.07. The molecule has 6 heteroatoms. The van der Waals surface area contributed by atoms with E-state index in [1.807, 2.05) is 0 Å². The van der Waals surface area contributed by atoms with Crippen LogP contribution in [0.3, 0.4) is 0 Å². The van der Waals surface area contributed by atoms with Crippen LogP contribution in [0.5, 0.6) is 0 Å². The van der Waals surface area contributed by atoms with E-state index in [4.69, 9.17) is 5.73 Å². The van der Waals surface area contributed by atoms with E-state index in [0.717, 1.165) is 78.4 Å². The number of piperazine rings is 1. The summed E-state index contributed by atoms with van der Waals surface area (Å²) in [6.45, 7) is 13.7. The number of nitrogens with one attached hydrogen (secondary N) is 1. The third kappa shape index (κ3) is 15.2. The number of unbranched alkanes of at least 4 members (excludes halogenated alkanes) is 7. The molecule has 0 aromatic heterocycles. The Morgan fingerprint density at radius 1 is 0.897 bits per heavy atom. The van der Waals surface area contributed by atoms with Crippen LogP contribution in [0.2, 0.25) is 0 Å². The number of nitrogens with zero attached hydrogens (tertiary/aromatic N) is 3. The van der Waals surface area contributed by atoms with E-state index in [2.05, 4.69) is 34.0 Å². The van der Waals surface area contributed by atoms with Gasteiger partial charge in [-0.3, -0.25) is 9.80 Å². The standard InChI is InChI=1S/C23H51N5O/c1-3-4-5-6-7-8-9-10-11-23(29)22-26(2)16-17-28-20-18-27(19-21-28)15-14-25-13-12-24/h23,25,29H,3-22,24H2,1-2H3. The van der Waals surface area contributed by atoms with Crippen LogP contribution in [-0.2, 0) is 0 Å². The molecule has 1 aliphatic heterocycles. The highest BCUT2D eigenvalue weighted by Crippen LogP contribution is 2.11. The molecular weight excluding hydrogens is 362 g/mol. The summed E-state index contributed by atoms with van der Waals surface area (Å²) in [5.41, 5.74) is 5.51.